The maximum Gasteiger partial charge on any atom is 0.246 e. The van der Waals surface area contributed by atoms with E-state index < -0.39 is 23.2 Å². The second-order valence-corrected chi connectivity index (χ2v) is 12.1. The van der Waals surface area contributed by atoms with E-state index in [-0.39, 0.29) is 24.3 Å². The number of nitrogens with zero attached hydrogens (tertiary/aromatic N) is 2. The first-order valence-corrected chi connectivity index (χ1v) is 14.1. The average Bonchev–Trinajstić information content (AvgIpc) is 3.48. The molecule has 0 bridgehead atoms. The van der Waals surface area contributed by atoms with Gasteiger partial charge in [0, 0.05) is 49.2 Å². The Morgan fingerprint density at radius 3 is 2.48 bits per heavy atom. The highest BCUT2D eigenvalue weighted by Crippen LogP contribution is 2.47. The highest BCUT2D eigenvalue weighted by Gasteiger charge is 2.51. The van der Waals surface area contributed by atoms with E-state index in [9.17, 15) is 14.4 Å². The first-order chi connectivity index (χ1) is 20.0. The van der Waals surface area contributed by atoms with E-state index in [1.54, 1.807) is 32.2 Å². The summed E-state index contributed by atoms with van der Waals surface area (Å²) in [6.45, 7) is 7.47. The normalized spacial score (nSPS) is 18.0. The Labute approximate surface area is 246 Å². The van der Waals surface area contributed by atoms with E-state index in [1.165, 1.54) is 0 Å². The number of carbonyl (C=O) groups is 3. The molecular formula is C33H38N4O5. The molecule has 42 heavy (non-hydrogen) atoms. The van der Waals surface area contributed by atoms with Crippen molar-refractivity contribution >= 4 is 29.2 Å². The van der Waals surface area contributed by atoms with Crippen molar-refractivity contribution in [2.24, 2.45) is 5.41 Å². The lowest BCUT2D eigenvalue weighted by Gasteiger charge is -2.34. The van der Waals surface area contributed by atoms with Gasteiger partial charge < -0.3 is 25.0 Å². The van der Waals surface area contributed by atoms with Crippen molar-refractivity contribution in [3.05, 3.63) is 88.6 Å². The zero-order valence-corrected chi connectivity index (χ0v) is 25.0. The molecular weight excluding hydrogens is 532 g/mol. The van der Waals surface area contributed by atoms with Gasteiger partial charge in [-0.05, 0) is 54.7 Å². The lowest BCUT2D eigenvalue weighted by atomic mass is 9.79. The molecule has 9 nitrogen and oxygen atoms in total. The Balaban J connectivity index is 1.37. The Hall–Kier alpha value is -4.08. The smallest absolute Gasteiger partial charge is 0.246 e. The van der Waals surface area contributed by atoms with Crippen LogP contribution in [0, 0.1) is 5.41 Å². The van der Waals surface area contributed by atoms with E-state index in [0.29, 0.717) is 24.3 Å². The summed E-state index contributed by atoms with van der Waals surface area (Å²) in [6, 6.07) is 16.4. The summed E-state index contributed by atoms with van der Waals surface area (Å²) in [4.78, 5) is 46.3. The molecule has 2 heterocycles. The summed E-state index contributed by atoms with van der Waals surface area (Å²) in [6.07, 6.45) is 2.18. The molecule has 1 aliphatic heterocycles. The first kappa shape index (κ1) is 29.4. The van der Waals surface area contributed by atoms with E-state index in [4.69, 9.17) is 9.47 Å². The minimum absolute atomic E-state index is 0.0487. The van der Waals surface area contributed by atoms with E-state index >= 15 is 0 Å². The minimum atomic E-state index is -0.772. The van der Waals surface area contributed by atoms with Gasteiger partial charge in [-0.1, -0.05) is 57.2 Å². The number of hydrogen-bond acceptors (Lipinski definition) is 6. The fourth-order valence-electron chi connectivity index (χ4n) is 5.99. The highest BCUT2D eigenvalue weighted by atomic mass is 16.7. The Kier molecular flexibility index (Phi) is 7.92. The second kappa shape index (κ2) is 11.3. The topological polar surface area (TPSA) is 110 Å². The van der Waals surface area contributed by atoms with Crippen molar-refractivity contribution in [2.75, 3.05) is 24.9 Å². The van der Waals surface area contributed by atoms with Gasteiger partial charge in [-0.25, -0.2) is 4.98 Å². The van der Waals surface area contributed by atoms with Gasteiger partial charge >= 0.3 is 0 Å². The number of pyridine rings is 1. The van der Waals surface area contributed by atoms with Gasteiger partial charge in [-0.2, -0.15) is 0 Å². The molecule has 220 valence electrons. The number of ether oxygens (including phenoxy) is 2. The number of amides is 3. The van der Waals surface area contributed by atoms with E-state index in [2.05, 4.69) is 15.6 Å². The fourth-order valence-corrected chi connectivity index (χ4v) is 5.99. The van der Waals surface area contributed by atoms with Crippen molar-refractivity contribution in [3.63, 3.8) is 0 Å². The molecule has 3 aromatic rings. The molecule has 1 aliphatic carbocycles. The highest BCUT2D eigenvalue weighted by molar-refractivity contribution is 6.06. The Bertz CT molecular complexity index is 1530. The molecule has 1 unspecified atom stereocenters. The SMILES string of the molecule is COC(OC)c1ccccc1CN(C(=O)C(C)(C)C)[C@@H](C)C(=O)Nc1ccc2c(c1)CC1(C2)C(=O)Nc2ncccc21. The predicted octanol–water partition coefficient (Wildman–Crippen LogP) is 4.76. The molecule has 5 rings (SSSR count). The van der Waals surface area contributed by atoms with Crippen molar-refractivity contribution in [2.45, 2.75) is 64.8 Å². The summed E-state index contributed by atoms with van der Waals surface area (Å²) < 4.78 is 11.0. The number of anilines is 2. The average molecular weight is 571 g/mol. The molecule has 0 fully saturated rings. The molecule has 0 saturated carbocycles. The lowest BCUT2D eigenvalue weighted by Crippen LogP contribution is -2.49. The molecule has 2 atom stereocenters. The molecule has 2 N–H and O–H groups in total. The maximum atomic E-state index is 13.7. The zero-order chi connectivity index (χ0) is 30.2. The Morgan fingerprint density at radius 1 is 1.05 bits per heavy atom. The van der Waals surface area contributed by atoms with Crippen molar-refractivity contribution in [1.82, 2.24) is 9.88 Å². The first-order valence-electron chi connectivity index (χ1n) is 14.1. The number of carbonyl (C=O) groups excluding carboxylic acids is 3. The second-order valence-electron chi connectivity index (χ2n) is 12.1. The fraction of sp³-hybridized carbons (Fsp3) is 0.394. The quantitative estimate of drug-likeness (QED) is 0.378. The van der Waals surface area contributed by atoms with Crippen LogP contribution < -0.4 is 10.6 Å². The maximum absolute atomic E-state index is 13.7. The number of rotatable bonds is 8. The zero-order valence-electron chi connectivity index (χ0n) is 25.0. The number of hydrogen-bond donors (Lipinski definition) is 2. The molecule has 1 spiro atoms. The molecule has 2 aliphatic rings. The van der Waals surface area contributed by atoms with Crippen LogP contribution in [0.4, 0.5) is 11.5 Å². The summed E-state index contributed by atoms with van der Waals surface area (Å²) >= 11 is 0. The third-order valence-corrected chi connectivity index (χ3v) is 8.28. The van der Waals surface area contributed by atoms with Crippen molar-refractivity contribution in [3.8, 4) is 0 Å². The van der Waals surface area contributed by atoms with Crippen LogP contribution >= 0.6 is 0 Å². The summed E-state index contributed by atoms with van der Waals surface area (Å²) in [5, 5.41) is 5.95. The molecule has 0 saturated heterocycles. The standard InChI is InChI=1S/C33H38N4O5/c1-20(37(31(40)32(2,3)4)19-22-10-7-8-11-25(22)29(41-5)42-6)28(38)35-24-14-13-21-17-33(18-23(21)16-24)26-12-9-15-34-27(26)36-30(33)39/h7-16,20,29H,17-19H2,1-6H3,(H,35,38)(H,34,36,39)/t20-,33?/m0/s1. The van der Waals surface area contributed by atoms with Crippen LogP contribution in [-0.4, -0.2) is 47.9 Å². The van der Waals surface area contributed by atoms with Crippen LogP contribution in [0.3, 0.4) is 0 Å². The number of methoxy groups -OCH3 is 2. The molecule has 9 heteroatoms. The number of nitrogens with one attached hydrogen (secondary N) is 2. The Morgan fingerprint density at radius 2 is 1.76 bits per heavy atom. The summed E-state index contributed by atoms with van der Waals surface area (Å²) in [7, 11) is 3.12. The van der Waals surface area contributed by atoms with E-state index in [1.807, 2.05) is 75.4 Å². The number of aromatic nitrogens is 1. The van der Waals surface area contributed by atoms with Gasteiger partial charge in [0.2, 0.25) is 17.7 Å². The summed E-state index contributed by atoms with van der Waals surface area (Å²) in [5.41, 5.74) is 3.83. The van der Waals surface area contributed by atoms with Crippen LogP contribution in [0.2, 0.25) is 0 Å². The summed E-state index contributed by atoms with van der Waals surface area (Å²) in [5.74, 6) is 0.111. The molecule has 1 aromatic heterocycles. The van der Waals surface area contributed by atoms with Crippen LogP contribution in [0.15, 0.2) is 60.8 Å². The predicted molar refractivity (Wildman–Crippen MR) is 160 cm³/mol. The van der Waals surface area contributed by atoms with Gasteiger partial charge in [0.05, 0.1) is 5.41 Å². The monoisotopic (exact) mass is 570 g/mol. The lowest BCUT2D eigenvalue weighted by molar-refractivity contribution is -0.146. The van der Waals surface area contributed by atoms with Gasteiger partial charge in [-0.15, -0.1) is 0 Å². The molecule has 2 aromatic carbocycles. The van der Waals surface area contributed by atoms with Gasteiger partial charge in [0.15, 0.2) is 6.29 Å². The number of benzene rings is 2. The van der Waals surface area contributed by atoms with Crippen LogP contribution in [0.1, 0.15) is 61.8 Å². The van der Waals surface area contributed by atoms with Gasteiger partial charge in [-0.3, -0.25) is 14.4 Å². The molecule has 3 amide bonds. The minimum Gasteiger partial charge on any atom is -0.352 e. The van der Waals surface area contributed by atoms with E-state index in [0.717, 1.165) is 27.8 Å². The third kappa shape index (κ3) is 5.30. The third-order valence-electron chi connectivity index (χ3n) is 8.28. The van der Waals surface area contributed by atoms with Crippen LogP contribution in [-0.2, 0) is 48.7 Å². The van der Waals surface area contributed by atoms with Crippen LogP contribution in [0.5, 0.6) is 0 Å². The number of fused-ring (bicyclic) bond motifs is 3. The van der Waals surface area contributed by atoms with Gasteiger partial charge in [0.25, 0.3) is 0 Å². The molecule has 0 radical (unpaired) electrons. The largest absolute Gasteiger partial charge is 0.352 e. The van der Waals surface area contributed by atoms with Gasteiger partial charge in [0.1, 0.15) is 11.9 Å². The van der Waals surface area contributed by atoms with Crippen LogP contribution in [0.25, 0.3) is 0 Å². The van der Waals surface area contributed by atoms with Crippen molar-refractivity contribution in [1.29, 1.82) is 0 Å². The van der Waals surface area contributed by atoms with Crippen molar-refractivity contribution < 1.29 is 23.9 Å².